The van der Waals surface area contributed by atoms with E-state index in [9.17, 15) is 4.79 Å². The maximum absolute atomic E-state index is 13.1. The van der Waals surface area contributed by atoms with Gasteiger partial charge in [0, 0.05) is 37.4 Å². The highest BCUT2D eigenvalue weighted by molar-refractivity contribution is 8.26. The van der Waals surface area contributed by atoms with E-state index >= 15 is 0 Å². The van der Waals surface area contributed by atoms with E-state index in [0.717, 1.165) is 37.5 Å². The molecular formula is C25H27N3O2S2. The molecule has 2 aromatic rings. The minimum atomic E-state index is -0.0421. The smallest absolute Gasteiger partial charge is 0.267 e. The standard InChI is InChI=1S/C25H27N3O2S2/c1-3-16-30-22-7-5-4-6-20(22)17-23-24(29)28(25(31)32-23)18-26-12-14-27(15-13-26)21-10-8-19(2)9-11-21/h3-11,17H,1,12-16,18H2,2H3. The maximum Gasteiger partial charge on any atom is 0.267 e. The molecule has 0 radical (unpaired) electrons. The number of thioether (sulfide) groups is 1. The van der Waals surface area contributed by atoms with Crippen LogP contribution >= 0.6 is 24.0 Å². The molecule has 0 unspecified atom stereocenters. The Bertz CT molecular complexity index is 1030. The molecule has 0 N–H and O–H groups in total. The summed E-state index contributed by atoms with van der Waals surface area (Å²) < 4.78 is 6.32. The number of rotatable bonds is 7. The van der Waals surface area contributed by atoms with Crippen molar-refractivity contribution in [1.29, 1.82) is 0 Å². The Morgan fingerprint density at radius 3 is 2.53 bits per heavy atom. The number of hydrogen-bond donors (Lipinski definition) is 0. The number of amides is 1. The molecule has 0 spiro atoms. The molecule has 5 nitrogen and oxygen atoms in total. The van der Waals surface area contributed by atoms with Crippen LogP contribution in [0.5, 0.6) is 5.75 Å². The quantitative estimate of drug-likeness (QED) is 0.339. The second kappa shape index (κ2) is 10.3. The van der Waals surface area contributed by atoms with Crippen molar-refractivity contribution in [3.63, 3.8) is 0 Å². The number of para-hydroxylation sites is 1. The van der Waals surface area contributed by atoms with Gasteiger partial charge in [0.25, 0.3) is 5.91 Å². The first kappa shape index (κ1) is 22.6. The fraction of sp³-hybridized carbons (Fsp3) is 0.280. The molecule has 2 aliphatic rings. The van der Waals surface area contributed by atoms with E-state index < -0.39 is 0 Å². The Labute approximate surface area is 199 Å². The Balaban J connectivity index is 1.38. The van der Waals surface area contributed by atoms with Crippen molar-refractivity contribution in [3.05, 3.63) is 77.2 Å². The second-order valence-corrected chi connectivity index (χ2v) is 9.51. The number of nitrogens with zero attached hydrogens (tertiary/aromatic N) is 3. The van der Waals surface area contributed by atoms with E-state index in [1.165, 1.54) is 23.0 Å². The number of benzene rings is 2. The van der Waals surface area contributed by atoms with E-state index in [2.05, 4.69) is 47.6 Å². The van der Waals surface area contributed by atoms with Gasteiger partial charge in [-0.25, -0.2) is 0 Å². The van der Waals surface area contributed by atoms with Crippen molar-refractivity contribution in [2.24, 2.45) is 0 Å². The van der Waals surface area contributed by atoms with Gasteiger partial charge in [0.05, 0.1) is 11.6 Å². The lowest BCUT2D eigenvalue weighted by Crippen LogP contribution is -2.50. The molecular weight excluding hydrogens is 438 g/mol. The zero-order valence-electron chi connectivity index (χ0n) is 18.2. The minimum Gasteiger partial charge on any atom is -0.489 e. The van der Waals surface area contributed by atoms with Crippen molar-refractivity contribution in [2.75, 3.05) is 44.4 Å². The summed E-state index contributed by atoms with van der Waals surface area (Å²) in [6.45, 7) is 10.4. The first-order valence-electron chi connectivity index (χ1n) is 10.7. The van der Waals surface area contributed by atoms with Crippen molar-refractivity contribution >= 4 is 46.0 Å². The van der Waals surface area contributed by atoms with Crippen LogP contribution in [0.25, 0.3) is 6.08 Å². The summed E-state index contributed by atoms with van der Waals surface area (Å²) in [4.78, 5) is 20.1. The number of piperazine rings is 1. The number of carbonyl (C=O) groups excluding carboxylic acids is 1. The number of thiocarbonyl (C=S) groups is 1. The number of anilines is 1. The summed E-state index contributed by atoms with van der Waals surface area (Å²) in [5.74, 6) is 0.685. The van der Waals surface area contributed by atoms with E-state index in [1.807, 2.05) is 30.3 Å². The Hall–Kier alpha value is -2.61. The van der Waals surface area contributed by atoms with Crippen LogP contribution in [0.1, 0.15) is 11.1 Å². The van der Waals surface area contributed by atoms with Crippen LogP contribution in [-0.2, 0) is 4.79 Å². The molecule has 0 atom stereocenters. The van der Waals surface area contributed by atoms with E-state index in [1.54, 1.807) is 11.0 Å². The second-order valence-electron chi connectivity index (χ2n) is 7.83. The van der Waals surface area contributed by atoms with Gasteiger partial charge in [0.15, 0.2) is 0 Å². The highest BCUT2D eigenvalue weighted by Gasteiger charge is 2.34. The minimum absolute atomic E-state index is 0.0421. The average Bonchev–Trinajstić information content (AvgIpc) is 3.07. The number of hydrogen-bond acceptors (Lipinski definition) is 6. The van der Waals surface area contributed by atoms with Gasteiger partial charge >= 0.3 is 0 Å². The molecule has 166 valence electrons. The van der Waals surface area contributed by atoms with Gasteiger partial charge < -0.3 is 9.64 Å². The zero-order valence-corrected chi connectivity index (χ0v) is 19.8. The van der Waals surface area contributed by atoms with Gasteiger partial charge in [0.1, 0.15) is 16.7 Å². The molecule has 2 aliphatic heterocycles. The van der Waals surface area contributed by atoms with Crippen molar-refractivity contribution in [1.82, 2.24) is 9.80 Å². The highest BCUT2D eigenvalue weighted by atomic mass is 32.2. The van der Waals surface area contributed by atoms with E-state index in [0.29, 0.717) is 22.5 Å². The molecule has 0 aromatic heterocycles. The molecule has 32 heavy (non-hydrogen) atoms. The van der Waals surface area contributed by atoms with Gasteiger partial charge in [-0.05, 0) is 31.2 Å². The Morgan fingerprint density at radius 1 is 1.09 bits per heavy atom. The molecule has 2 aromatic carbocycles. The van der Waals surface area contributed by atoms with Gasteiger partial charge in [-0.15, -0.1) is 0 Å². The maximum atomic E-state index is 13.1. The Morgan fingerprint density at radius 2 is 1.81 bits per heavy atom. The Kier molecular flexibility index (Phi) is 7.29. The summed E-state index contributed by atoms with van der Waals surface area (Å²) in [5.41, 5.74) is 3.38. The van der Waals surface area contributed by atoms with Crippen LogP contribution in [0.2, 0.25) is 0 Å². The summed E-state index contributed by atoms with van der Waals surface area (Å²) >= 11 is 6.89. The van der Waals surface area contributed by atoms with Gasteiger partial charge in [-0.3, -0.25) is 14.6 Å². The number of ether oxygens (including phenoxy) is 1. The highest BCUT2D eigenvalue weighted by Crippen LogP contribution is 2.34. The zero-order chi connectivity index (χ0) is 22.5. The molecule has 1 amide bonds. The summed E-state index contributed by atoms with van der Waals surface area (Å²) in [6, 6.07) is 16.3. The van der Waals surface area contributed by atoms with Crippen LogP contribution < -0.4 is 9.64 Å². The first-order valence-corrected chi connectivity index (χ1v) is 11.9. The topological polar surface area (TPSA) is 36.0 Å². The van der Waals surface area contributed by atoms with Gasteiger partial charge in [0.2, 0.25) is 0 Å². The predicted octanol–water partition coefficient (Wildman–Crippen LogP) is 4.54. The molecule has 0 saturated carbocycles. The van der Waals surface area contributed by atoms with Crippen molar-refractivity contribution in [3.8, 4) is 5.75 Å². The lowest BCUT2D eigenvalue weighted by molar-refractivity contribution is -0.123. The SMILES string of the molecule is C=CCOc1ccccc1C=C1SC(=S)N(CN2CCN(c3ccc(C)cc3)CC2)C1=O. The van der Waals surface area contributed by atoms with Crippen LogP contribution in [0.15, 0.2) is 66.1 Å². The van der Waals surface area contributed by atoms with Crippen molar-refractivity contribution in [2.45, 2.75) is 6.92 Å². The molecule has 4 rings (SSSR count). The first-order chi connectivity index (χ1) is 15.5. The fourth-order valence-corrected chi connectivity index (χ4v) is 4.98. The third-order valence-electron chi connectivity index (χ3n) is 5.55. The average molecular weight is 466 g/mol. The van der Waals surface area contributed by atoms with E-state index in [4.69, 9.17) is 17.0 Å². The van der Waals surface area contributed by atoms with Gasteiger partial charge in [-0.2, -0.15) is 0 Å². The van der Waals surface area contributed by atoms with Crippen LogP contribution in [0, 0.1) is 6.92 Å². The normalized spacial score (nSPS) is 18.5. The van der Waals surface area contributed by atoms with Crippen LogP contribution in [0.4, 0.5) is 5.69 Å². The van der Waals surface area contributed by atoms with Crippen molar-refractivity contribution < 1.29 is 9.53 Å². The summed E-state index contributed by atoms with van der Waals surface area (Å²) in [5, 5.41) is 0. The van der Waals surface area contributed by atoms with Crippen LogP contribution in [-0.4, -0.2) is 59.5 Å². The lowest BCUT2D eigenvalue weighted by Gasteiger charge is -2.37. The molecule has 2 heterocycles. The molecule has 7 heteroatoms. The number of aryl methyl sites for hydroxylation is 1. The van der Waals surface area contributed by atoms with E-state index in [-0.39, 0.29) is 5.91 Å². The largest absolute Gasteiger partial charge is 0.489 e. The lowest BCUT2D eigenvalue weighted by atomic mass is 10.2. The third kappa shape index (κ3) is 5.23. The molecule has 2 saturated heterocycles. The third-order valence-corrected chi connectivity index (χ3v) is 6.93. The molecule has 2 fully saturated rings. The van der Waals surface area contributed by atoms with Crippen LogP contribution in [0.3, 0.4) is 0 Å². The molecule has 0 aliphatic carbocycles. The number of carbonyl (C=O) groups is 1. The summed E-state index contributed by atoms with van der Waals surface area (Å²) in [6.07, 6.45) is 3.57. The predicted molar refractivity (Wildman–Crippen MR) is 137 cm³/mol. The van der Waals surface area contributed by atoms with Gasteiger partial charge in [-0.1, -0.05) is 72.5 Å². The fourth-order valence-electron chi connectivity index (χ4n) is 3.75. The monoisotopic (exact) mass is 465 g/mol. The summed E-state index contributed by atoms with van der Waals surface area (Å²) in [7, 11) is 0. The molecule has 0 bridgehead atoms.